The second-order valence-corrected chi connectivity index (χ2v) is 7.00. The summed E-state index contributed by atoms with van der Waals surface area (Å²) in [4.78, 5) is 4.88. The Bertz CT molecular complexity index is 438. The number of hydrogen-bond acceptors (Lipinski definition) is 3. The second kappa shape index (κ2) is 7.39. The summed E-state index contributed by atoms with van der Waals surface area (Å²) in [6, 6.07) is 6.81. The molecule has 2 N–H and O–H groups in total. The molecule has 2 atom stereocenters. The number of likely N-dealkylation sites (tertiary alicyclic amines) is 1. The van der Waals surface area contributed by atoms with Crippen LogP contribution in [-0.2, 0) is 0 Å². The van der Waals surface area contributed by atoms with Crippen LogP contribution in [0.15, 0.2) is 18.2 Å². The second-order valence-electron chi connectivity index (χ2n) is 7.00. The van der Waals surface area contributed by atoms with E-state index in [0.717, 1.165) is 18.9 Å². The van der Waals surface area contributed by atoms with Crippen molar-refractivity contribution in [3.63, 3.8) is 0 Å². The molecular formula is C18H31N3. The molecule has 1 saturated heterocycles. The molecule has 0 saturated carbocycles. The average Bonchev–Trinajstić information content (AvgIpc) is 2.80. The Morgan fingerprint density at radius 2 is 1.95 bits per heavy atom. The molecule has 21 heavy (non-hydrogen) atoms. The molecule has 2 rings (SSSR count). The van der Waals surface area contributed by atoms with Crippen LogP contribution < -0.4 is 5.73 Å². The zero-order valence-electron chi connectivity index (χ0n) is 14.1. The summed E-state index contributed by atoms with van der Waals surface area (Å²) in [5, 5.41) is 0. The third kappa shape index (κ3) is 5.10. The van der Waals surface area contributed by atoms with Crippen molar-refractivity contribution in [3.05, 3.63) is 34.9 Å². The van der Waals surface area contributed by atoms with Crippen LogP contribution in [0.4, 0.5) is 0 Å². The monoisotopic (exact) mass is 289 g/mol. The number of aryl methyl sites for hydroxylation is 2. The van der Waals surface area contributed by atoms with Crippen molar-refractivity contribution in [1.82, 2.24) is 9.80 Å². The molecule has 1 aliphatic rings. The Kier molecular flexibility index (Phi) is 5.80. The van der Waals surface area contributed by atoms with Crippen LogP contribution in [-0.4, -0.2) is 50.1 Å². The number of nitrogens with zero attached hydrogens (tertiary/aromatic N) is 2. The van der Waals surface area contributed by atoms with Gasteiger partial charge < -0.3 is 15.5 Å². The van der Waals surface area contributed by atoms with Crippen molar-refractivity contribution in [2.24, 2.45) is 11.7 Å². The fraction of sp³-hybridized carbons (Fsp3) is 0.667. The zero-order valence-corrected chi connectivity index (χ0v) is 14.1. The maximum absolute atomic E-state index is 6.38. The molecule has 0 amide bonds. The molecule has 3 nitrogen and oxygen atoms in total. The summed E-state index contributed by atoms with van der Waals surface area (Å²) in [7, 11) is 4.45. The maximum Gasteiger partial charge on any atom is 0.0307 e. The lowest BCUT2D eigenvalue weighted by Crippen LogP contribution is -2.30. The van der Waals surface area contributed by atoms with E-state index in [1.54, 1.807) is 0 Å². The molecule has 3 heteroatoms. The Morgan fingerprint density at radius 3 is 2.52 bits per heavy atom. The summed E-state index contributed by atoms with van der Waals surface area (Å²) in [5.41, 5.74) is 10.3. The van der Waals surface area contributed by atoms with Gasteiger partial charge in [0.25, 0.3) is 0 Å². The van der Waals surface area contributed by atoms with Crippen molar-refractivity contribution in [2.45, 2.75) is 32.7 Å². The predicted molar refractivity (Wildman–Crippen MR) is 90.6 cm³/mol. The van der Waals surface area contributed by atoms with Gasteiger partial charge in [-0.25, -0.2) is 0 Å². The largest absolute Gasteiger partial charge is 0.324 e. The van der Waals surface area contributed by atoms with Gasteiger partial charge in [-0.3, -0.25) is 0 Å². The van der Waals surface area contributed by atoms with Gasteiger partial charge in [-0.2, -0.15) is 0 Å². The van der Waals surface area contributed by atoms with E-state index in [2.05, 4.69) is 55.9 Å². The number of benzene rings is 1. The van der Waals surface area contributed by atoms with Crippen LogP contribution in [0.3, 0.4) is 0 Å². The molecule has 2 unspecified atom stereocenters. The zero-order chi connectivity index (χ0) is 15.4. The Balaban J connectivity index is 1.78. The highest BCUT2D eigenvalue weighted by molar-refractivity contribution is 5.30. The van der Waals surface area contributed by atoms with Crippen LogP contribution in [0.5, 0.6) is 0 Å². The SMILES string of the molecule is Cc1cc(C)cc(C(N)CCN(C)CC2CCN(C)C2)c1. The minimum Gasteiger partial charge on any atom is -0.324 e. The molecule has 1 aromatic carbocycles. The normalized spacial score (nSPS) is 21.1. The lowest BCUT2D eigenvalue weighted by atomic mass is 9.99. The van der Waals surface area contributed by atoms with Crippen molar-refractivity contribution < 1.29 is 0 Å². The smallest absolute Gasteiger partial charge is 0.0307 e. The third-order valence-electron chi connectivity index (χ3n) is 4.55. The molecular weight excluding hydrogens is 258 g/mol. The van der Waals surface area contributed by atoms with Gasteiger partial charge in [0.1, 0.15) is 0 Å². The Labute approximate surface area is 130 Å². The molecule has 1 heterocycles. The van der Waals surface area contributed by atoms with E-state index in [1.807, 2.05) is 0 Å². The van der Waals surface area contributed by atoms with E-state index < -0.39 is 0 Å². The van der Waals surface area contributed by atoms with E-state index in [1.165, 1.54) is 42.7 Å². The highest BCUT2D eigenvalue weighted by Crippen LogP contribution is 2.19. The van der Waals surface area contributed by atoms with Crippen LogP contribution in [0, 0.1) is 19.8 Å². The number of rotatable bonds is 6. The topological polar surface area (TPSA) is 32.5 Å². The number of hydrogen-bond donors (Lipinski definition) is 1. The van der Waals surface area contributed by atoms with Crippen LogP contribution in [0.1, 0.15) is 35.6 Å². The lowest BCUT2D eigenvalue weighted by molar-refractivity contribution is 0.265. The van der Waals surface area contributed by atoms with Gasteiger partial charge in [0.15, 0.2) is 0 Å². The molecule has 1 fully saturated rings. The van der Waals surface area contributed by atoms with Gasteiger partial charge in [0.05, 0.1) is 0 Å². The van der Waals surface area contributed by atoms with Gasteiger partial charge in [0.2, 0.25) is 0 Å². The minimum absolute atomic E-state index is 0.150. The quantitative estimate of drug-likeness (QED) is 0.873. The van der Waals surface area contributed by atoms with Crippen molar-refractivity contribution in [1.29, 1.82) is 0 Å². The molecule has 1 aromatic rings. The Hall–Kier alpha value is -0.900. The molecule has 118 valence electrons. The minimum atomic E-state index is 0.150. The fourth-order valence-electron chi connectivity index (χ4n) is 3.46. The van der Waals surface area contributed by atoms with Gasteiger partial charge in [-0.1, -0.05) is 29.3 Å². The summed E-state index contributed by atoms with van der Waals surface area (Å²) >= 11 is 0. The van der Waals surface area contributed by atoms with E-state index in [4.69, 9.17) is 5.73 Å². The first kappa shape index (κ1) is 16.5. The first-order valence-electron chi connectivity index (χ1n) is 8.15. The molecule has 1 aliphatic heterocycles. The summed E-state index contributed by atoms with van der Waals surface area (Å²) in [5.74, 6) is 0.831. The van der Waals surface area contributed by atoms with Crippen LogP contribution in [0.25, 0.3) is 0 Å². The van der Waals surface area contributed by atoms with E-state index in [-0.39, 0.29) is 6.04 Å². The van der Waals surface area contributed by atoms with E-state index in [0.29, 0.717) is 0 Å². The van der Waals surface area contributed by atoms with Gasteiger partial charge in [-0.05, 0) is 65.4 Å². The molecule has 0 aromatic heterocycles. The molecule has 0 bridgehead atoms. The summed E-state index contributed by atoms with van der Waals surface area (Å²) in [6.07, 6.45) is 2.37. The highest BCUT2D eigenvalue weighted by atomic mass is 15.1. The fourth-order valence-corrected chi connectivity index (χ4v) is 3.46. The first-order chi connectivity index (χ1) is 9.94. The highest BCUT2D eigenvalue weighted by Gasteiger charge is 2.20. The molecule has 0 aliphatic carbocycles. The summed E-state index contributed by atoms with van der Waals surface area (Å²) in [6.45, 7) is 9.06. The first-order valence-corrected chi connectivity index (χ1v) is 8.15. The molecule has 0 radical (unpaired) electrons. The van der Waals surface area contributed by atoms with Gasteiger partial charge >= 0.3 is 0 Å². The van der Waals surface area contributed by atoms with Crippen molar-refractivity contribution >= 4 is 0 Å². The Morgan fingerprint density at radius 1 is 1.29 bits per heavy atom. The van der Waals surface area contributed by atoms with Gasteiger partial charge in [-0.15, -0.1) is 0 Å². The number of nitrogens with two attached hydrogens (primary N) is 1. The van der Waals surface area contributed by atoms with Crippen molar-refractivity contribution in [3.8, 4) is 0 Å². The lowest BCUT2D eigenvalue weighted by Gasteiger charge is -2.23. The standard InChI is InChI=1S/C18H31N3/c1-14-9-15(2)11-17(10-14)18(19)6-8-21(4)13-16-5-7-20(3)12-16/h9-11,16,18H,5-8,12-13,19H2,1-4H3. The molecule has 0 spiro atoms. The predicted octanol–water partition coefficient (Wildman–Crippen LogP) is 2.58. The van der Waals surface area contributed by atoms with Crippen LogP contribution in [0.2, 0.25) is 0 Å². The van der Waals surface area contributed by atoms with Gasteiger partial charge in [0, 0.05) is 19.1 Å². The van der Waals surface area contributed by atoms with Crippen LogP contribution >= 0.6 is 0 Å². The maximum atomic E-state index is 6.38. The summed E-state index contributed by atoms with van der Waals surface area (Å²) < 4.78 is 0. The average molecular weight is 289 g/mol. The third-order valence-corrected chi connectivity index (χ3v) is 4.55. The van der Waals surface area contributed by atoms with E-state index in [9.17, 15) is 0 Å². The van der Waals surface area contributed by atoms with Crippen molar-refractivity contribution in [2.75, 3.05) is 40.3 Å². The van der Waals surface area contributed by atoms with E-state index >= 15 is 0 Å².